The number of benzene rings is 1. The lowest BCUT2D eigenvalue weighted by atomic mass is 10.0. The van der Waals surface area contributed by atoms with Gasteiger partial charge in [0.2, 0.25) is 5.78 Å². The fraction of sp³-hybridized carbons (Fsp3) is 0.400. The van der Waals surface area contributed by atoms with Gasteiger partial charge < -0.3 is 4.90 Å². The van der Waals surface area contributed by atoms with E-state index in [9.17, 15) is 18.8 Å². The maximum Gasteiger partial charge on any atom is 0.290 e. The fourth-order valence-corrected chi connectivity index (χ4v) is 2.44. The Morgan fingerprint density at radius 1 is 1.36 bits per heavy atom. The zero-order chi connectivity index (χ0) is 16.4. The Labute approximate surface area is 127 Å². The first-order valence-electron chi connectivity index (χ1n) is 6.78. The van der Waals surface area contributed by atoms with Crippen LogP contribution in [0.15, 0.2) is 24.3 Å². The van der Waals surface area contributed by atoms with Crippen molar-refractivity contribution in [3.05, 3.63) is 35.6 Å². The average molecular weight is 308 g/mol. The smallest absolute Gasteiger partial charge is 0.290 e. The number of nitrogens with zero attached hydrogens (tertiary/aromatic N) is 2. The van der Waals surface area contributed by atoms with Gasteiger partial charge in [0.1, 0.15) is 11.7 Å². The highest BCUT2D eigenvalue weighted by Gasteiger charge is 2.44. The number of Topliss-reactive ketones (excluding diaryl/α,β-unsaturated/α-hetero) is 1. The van der Waals surface area contributed by atoms with Crippen LogP contribution in [0.4, 0.5) is 4.39 Å². The summed E-state index contributed by atoms with van der Waals surface area (Å²) < 4.78 is 13.0. The van der Waals surface area contributed by atoms with Gasteiger partial charge in [-0.05, 0) is 24.6 Å². The molecule has 22 heavy (non-hydrogen) atoms. The van der Waals surface area contributed by atoms with Crippen LogP contribution >= 0.6 is 0 Å². The number of amides is 2. The van der Waals surface area contributed by atoms with Gasteiger partial charge in [-0.1, -0.05) is 12.1 Å². The van der Waals surface area contributed by atoms with E-state index >= 15 is 0 Å². The van der Waals surface area contributed by atoms with Crippen LogP contribution in [0.2, 0.25) is 0 Å². The summed E-state index contributed by atoms with van der Waals surface area (Å²) in [7, 11) is 2.77. The lowest BCUT2D eigenvalue weighted by molar-refractivity contribution is -0.192. The second-order valence-electron chi connectivity index (χ2n) is 5.18. The number of halogens is 1. The van der Waals surface area contributed by atoms with Crippen molar-refractivity contribution in [3.8, 4) is 0 Å². The van der Waals surface area contributed by atoms with Crippen LogP contribution in [0.1, 0.15) is 18.5 Å². The molecule has 1 aliphatic rings. The largest absolute Gasteiger partial charge is 0.338 e. The Morgan fingerprint density at radius 3 is 2.41 bits per heavy atom. The number of hydrogen-bond acceptors (Lipinski definition) is 4. The minimum atomic E-state index is -1.07. The van der Waals surface area contributed by atoms with E-state index in [0.29, 0.717) is 5.56 Å². The third kappa shape index (κ3) is 2.85. The van der Waals surface area contributed by atoms with Crippen molar-refractivity contribution in [2.75, 3.05) is 20.7 Å². The molecule has 2 unspecified atom stereocenters. The van der Waals surface area contributed by atoms with Gasteiger partial charge in [-0.3, -0.25) is 19.2 Å². The topological polar surface area (TPSA) is 66.9 Å². The molecular formula is C15H17FN2O4. The summed E-state index contributed by atoms with van der Waals surface area (Å²) >= 11 is 0. The minimum absolute atomic E-state index is 0.0342. The number of likely N-dealkylation sites (N-methyl/N-ethyl adjacent to an activating group) is 1. The van der Waals surface area contributed by atoms with E-state index < -0.39 is 29.6 Å². The third-order valence-corrected chi connectivity index (χ3v) is 3.75. The molecular weight excluding hydrogens is 291 g/mol. The molecule has 0 aliphatic carbocycles. The van der Waals surface area contributed by atoms with Gasteiger partial charge in [-0.25, -0.2) is 9.45 Å². The second kappa shape index (κ2) is 6.23. The van der Waals surface area contributed by atoms with E-state index in [1.165, 1.54) is 43.3 Å². The molecule has 1 aliphatic heterocycles. The van der Waals surface area contributed by atoms with Gasteiger partial charge in [0.05, 0.1) is 13.2 Å². The standard InChI is InChI=1S/C15H17FN2O4/c1-9(10-4-6-11(16)7-5-10)18(22-3)14(20)12-8-17(2)15(21)13(12)19/h4-7,9,12H,8H2,1-3H3. The van der Waals surface area contributed by atoms with E-state index in [0.717, 1.165) is 5.06 Å². The summed E-state index contributed by atoms with van der Waals surface area (Å²) in [6, 6.07) is 5.11. The van der Waals surface area contributed by atoms with Crippen LogP contribution in [-0.2, 0) is 19.2 Å². The minimum Gasteiger partial charge on any atom is -0.338 e. The molecule has 1 aromatic carbocycles. The molecule has 2 atom stereocenters. The number of carbonyl (C=O) groups is 3. The highest BCUT2D eigenvalue weighted by Crippen LogP contribution is 2.25. The molecule has 1 heterocycles. The summed E-state index contributed by atoms with van der Waals surface area (Å²) in [6.07, 6.45) is 0. The maximum absolute atomic E-state index is 13.0. The zero-order valence-electron chi connectivity index (χ0n) is 12.6. The van der Waals surface area contributed by atoms with Crippen molar-refractivity contribution >= 4 is 17.6 Å². The summed E-state index contributed by atoms with van der Waals surface area (Å²) in [6.45, 7) is 1.73. The molecule has 0 spiro atoms. The number of hydroxylamine groups is 2. The van der Waals surface area contributed by atoms with E-state index in [1.807, 2.05) is 0 Å². The number of rotatable bonds is 4. The van der Waals surface area contributed by atoms with E-state index in [2.05, 4.69) is 0 Å². The molecule has 7 heteroatoms. The molecule has 0 bridgehead atoms. The van der Waals surface area contributed by atoms with Crippen LogP contribution < -0.4 is 0 Å². The summed E-state index contributed by atoms with van der Waals surface area (Å²) in [5, 5.41) is 1.04. The SMILES string of the molecule is CON(C(=O)C1CN(C)C(=O)C1=O)C(C)c1ccc(F)cc1. The second-order valence-corrected chi connectivity index (χ2v) is 5.18. The Morgan fingerprint density at radius 2 is 1.95 bits per heavy atom. The first-order valence-corrected chi connectivity index (χ1v) is 6.78. The molecule has 0 aromatic heterocycles. The Bertz CT molecular complexity index is 602. The number of likely N-dealkylation sites (tertiary alicyclic amines) is 1. The summed E-state index contributed by atoms with van der Waals surface area (Å²) in [4.78, 5) is 42.2. The van der Waals surface area contributed by atoms with Gasteiger partial charge in [0.15, 0.2) is 0 Å². The Kier molecular flexibility index (Phi) is 4.56. The van der Waals surface area contributed by atoms with Gasteiger partial charge in [0.25, 0.3) is 11.8 Å². The van der Waals surface area contributed by atoms with Crippen molar-refractivity contribution in [2.24, 2.45) is 5.92 Å². The molecule has 118 valence electrons. The monoisotopic (exact) mass is 308 g/mol. The van der Waals surface area contributed by atoms with Crippen molar-refractivity contribution in [1.82, 2.24) is 9.96 Å². The predicted molar refractivity (Wildman–Crippen MR) is 74.8 cm³/mol. The number of ketones is 1. The molecule has 0 radical (unpaired) electrons. The fourth-order valence-electron chi connectivity index (χ4n) is 2.44. The molecule has 1 fully saturated rings. The van der Waals surface area contributed by atoms with E-state index in [4.69, 9.17) is 4.84 Å². The lowest BCUT2D eigenvalue weighted by Gasteiger charge is -2.28. The Balaban J connectivity index is 2.20. The summed E-state index contributed by atoms with van der Waals surface area (Å²) in [5.41, 5.74) is 0.654. The molecule has 1 aromatic rings. The molecule has 6 nitrogen and oxygen atoms in total. The van der Waals surface area contributed by atoms with Crippen LogP contribution in [0.3, 0.4) is 0 Å². The Hall–Kier alpha value is -2.28. The quantitative estimate of drug-likeness (QED) is 0.471. The molecule has 2 amide bonds. The summed E-state index contributed by atoms with van der Waals surface area (Å²) in [5.74, 6) is -3.45. The van der Waals surface area contributed by atoms with E-state index in [1.54, 1.807) is 6.92 Å². The average Bonchev–Trinajstić information content (AvgIpc) is 2.76. The maximum atomic E-state index is 13.0. The van der Waals surface area contributed by atoms with Crippen molar-refractivity contribution in [2.45, 2.75) is 13.0 Å². The first-order chi connectivity index (χ1) is 10.4. The van der Waals surface area contributed by atoms with Gasteiger partial charge in [-0.15, -0.1) is 0 Å². The van der Waals surface area contributed by atoms with Gasteiger partial charge >= 0.3 is 0 Å². The van der Waals surface area contributed by atoms with Crippen molar-refractivity contribution in [1.29, 1.82) is 0 Å². The predicted octanol–water partition coefficient (Wildman–Crippen LogP) is 0.934. The highest BCUT2D eigenvalue weighted by molar-refractivity contribution is 6.42. The first kappa shape index (κ1) is 16.1. The zero-order valence-corrected chi connectivity index (χ0v) is 12.6. The van der Waals surface area contributed by atoms with Gasteiger partial charge in [-0.2, -0.15) is 0 Å². The molecule has 0 N–H and O–H groups in total. The third-order valence-electron chi connectivity index (χ3n) is 3.75. The van der Waals surface area contributed by atoms with Crippen LogP contribution in [-0.4, -0.2) is 48.3 Å². The number of hydrogen-bond donors (Lipinski definition) is 0. The lowest BCUT2D eigenvalue weighted by Crippen LogP contribution is -2.40. The molecule has 1 saturated heterocycles. The van der Waals surface area contributed by atoms with E-state index in [-0.39, 0.29) is 12.4 Å². The normalized spacial score (nSPS) is 19.5. The van der Waals surface area contributed by atoms with Crippen LogP contribution in [0.25, 0.3) is 0 Å². The van der Waals surface area contributed by atoms with Crippen LogP contribution in [0.5, 0.6) is 0 Å². The van der Waals surface area contributed by atoms with Crippen molar-refractivity contribution in [3.63, 3.8) is 0 Å². The molecule has 0 saturated carbocycles. The van der Waals surface area contributed by atoms with Crippen molar-refractivity contribution < 1.29 is 23.6 Å². The van der Waals surface area contributed by atoms with Gasteiger partial charge in [0, 0.05) is 13.6 Å². The molecule has 2 rings (SSSR count). The van der Waals surface area contributed by atoms with Crippen LogP contribution in [0, 0.1) is 11.7 Å². The highest BCUT2D eigenvalue weighted by atomic mass is 19.1. The number of carbonyl (C=O) groups excluding carboxylic acids is 3.